The van der Waals surface area contributed by atoms with Gasteiger partial charge in [0.1, 0.15) is 0 Å². The van der Waals surface area contributed by atoms with Gasteiger partial charge in [-0.1, -0.05) is 6.92 Å². The number of rotatable bonds is 3. The summed E-state index contributed by atoms with van der Waals surface area (Å²) in [6.45, 7) is 5.60. The second-order valence-corrected chi connectivity index (χ2v) is 3.01. The minimum absolute atomic E-state index is 0.693. The molecule has 1 saturated heterocycles. The van der Waals surface area contributed by atoms with E-state index in [0.717, 1.165) is 13.1 Å². The fraction of sp³-hybridized carbons (Fsp3) is 1.00. The van der Waals surface area contributed by atoms with Crippen LogP contribution in [0.2, 0.25) is 0 Å². The molecule has 1 atom stereocenters. The summed E-state index contributed by atoms with van der Waals surface area (Å²) in [6, 6.07) is 0.693. The zero-order valence-corrected chi connectivity index (χ0v) is 7.56. The lowest BCUT2D eigenvalue weighted by Crippen LogP contribution is -2.50. The summed E-state index contributed by atoms with van der Waals surface area (Å²) in [6.07, 6.45) is 2.63. The Morgan fingerprint density at radius 2 is 2.45 bits per heavy atom. The van der Waals surface area contributed by atoms with Crippen molar-refractivity contribution in [1.29, 1.82) is 0 Å². The zero-order chi connectivity index (χ0) is 8.10. The summed E-state index contributed by atoms with van der Waals surface area (Å²) < 4.78 is 0. The number of hydrogen-bond acceptors (Lipinski definition) is 3. The zero-order valence-electron chi connectivity index (χ0n) is 7.56. The molecular weight excluding hydrogens is 138 g/mol. The highest BCUT2D eigenvalue weighted by Gasteiger charge is 2.17. The maximum atomic E-state index is 3.40. The molecule has 0 aromatic carbocycles. The second kappa shape index (κ2) is 4.70. The molecular formula is C8H19N3. The van der Waals surface area contributed by atoms with Crippen LogP contribution in [0.5, 0.6) is 0 Å². The number of likely N-dealkylation sites (N-methyl/N-ethyl adjacent to an activating group) is 1. The van der Waals surface area contributed by atoms with Gasteiger partial charge in [-0.15, -0.1) is 0 Å². The van der Waals surface area contributed by atoms with Crippen molar-refractivity contribution in [2.45, 2.75) is 25.8 Å². The van der Waals surface area contributed by atoms with Gasteiger partial charge in [0.25, 0.3) is 0 Å². The molecule has 1 fully saturated rings. The third kappa shape index (κ3) is 2.43. The fourth-order valence-corrected chi connectivity index (χ4v) is 1.70. The van der Waals surface area contributed by atoms with Gasteiger partial charge in [0.2, 0.25) is 0 Å². The van der Waals surface area contributed by atoms with Crippen molar-refractivity contribution in [2.24, 2.45) is 0 Å². The number of nitrogens with one attached hydrogen (secondary N) is 2. The third-order valence-electron chi connectivity index (χ3n) is 2.34. The molecule has 0 aromatic heterocycles. The van der Waals surface area contributed by atoms with Gasteiger partial charge in [0.15, 0.2) is 0 Å². The number of hydrazine groups is 1. The van der Waals surface area contributed by atoms with Gasteiger partial charge in [0, 0.05) is 19.1 Å². The Kier molecular flexibility index (Phi) is 3.83. The van der Waals surface area contributed by atoms with Crippen molar-refractivity contribution >= 4 is 0 Å². The van der Waals surface area contributed by atoms with Gasteiger partial charge < -0.3 is 5.32 Å². The van der Waals surface area contributed by atoms with Crippen LogP contribution in [0.1, 0.15) is 19.8 Å². The SMILES string of the molecule is CCN(NC)[C@H]1CCCNC1. The van der Waals surface area contributed by atoms with Crippen LogP contribution in [-0.2, 0) is 0 Å². The third-order valence-corrected chi connectivity index (χ3v) is 2.34. The Morgan fingerprint density at radius 1 is 1.64 bits per heavy atom. The van der Waals surface area contributed by atoms with E-state index in [4.69, 9.17) is 0 Å². The van der Waals surface area contributed by atoms with Crippen molar-refractivity contribution in [1.82, 2.24) is 15.8 Å². The maximum absolute atomic E-state index is 3.40. The van der Waals surface area contributed by atoms with Crippen LogP contribution in [0.4, 0.5) is 0 Å². The van der Waals surface area contributed by atoms with E-state index >= 15 is 0 Å². The molecule has 0 radical (unpaired) electrons. The molecule has 0 aromatic rings. The van der Waals surface area contributed by atoms with E-state index in [1.165, 1.54) is 19.4 Å². The highest BCUT2D eigenvalue weighted by molar-refractivity contribution is 4.75. The van der Waals surface area contributed by atoms with Gasteiger partial charge >= 0.3 is 0 Å². The van der Waals surface area contributed by atoms with Crippen LogP contribution in [0, 0.1) is 0 Å². The van der Waals surface area contributed by atoms with E-state index < -0.39 is 0 Å². The molecule has 1 aliphatic heterocycles. The Hall–Kier alpha value is -0.120. The average molecular weight is 157 g/mol. The van der Waals surface area contributed by atoms with Crippen molar-refractivity contribution in [2.75, 3.05) is 26.7 Å². The molecule has 1 aliphatic rings. The first-order valence-corrected chi connectivity index (χ1v) is 4.53. The van der Waals surface area contributed by atoms with Crippen molar-refractivity contribution in [3.05, 3.63) is 0 Å². The van der Waals surface area contributed by atoms with Crippen molar-refractivity contribution < 1.29 is 0 Å². The van der Waals surface area contributed by atoms with Gasteiger partial charge in [-0.05, 0) is 26.4 Å². The van der Waals surface area contributed by atoms with Crippen LogP contribution in [0.15, 0.2) is 0 Å². The van der Waals surface area contributed by atoms with Crippen molar-refractivity contribution in [3.63, 3.8) is 0 Å². The number of piperidine rings is 1. The van der Waals surface area contributed by atoms with E-state index in [1.807, 2.05) is 7.05 Å². The molecule has 0 aliphatic carbocycles. The quantitative estimate of drug-likeness (QED) is 0.573. The lowest BCUT2D eigenvalue weighted by Gasteiger charge is -2.32. The van der Waals surface area contributed by atoms with E-state index in [0.29, 0.717) is 6.04 Å². The second-order valence-electron chi connectivity index (χ2n) is 3.01. The van der Waals surface area contributed by atoms with Crippen molar-refractivity contribution in [3.8, 4) is 0 Å². The molecule has 0 bridgehead atoms. The van der Waals surface area contributed by atoms with E-state index in [9.17, 15) is 0 Å². The number of nitrogens with zero attached hydrogens (tertiary/aromatic N) is 1. The largest absolute Gasteiger partial charge is 0.315 e. The molecule has 66 valence electrons. The highest BCUT2D eigenvalue weighted by Crippen LogP contribution is 2.06. The predicted molar refractivity (Wildman–Crippen MR) is 47.3 cm³/mol. The molecule has 0 saturated carbocycles. The first-order chi connectivity index (χ1) is 5.38. The average Bonchev–Trinajstić information content (AvgIpc) is 2.09. The lowest BCUT2D eigenvalue weighted by molar-refractivity contribution is 0.124. The molecule has 1 rings (SSSR count). The van der Waals surface area contributed by atoms with Crippen LogP contribution < -0.4 is 10.7 Å². The Balaban J connectivity index is 2.30. The summed E-state index contributed by atoms with van der Waals surface area (Å²) >= 11 is 0. The topological polar surface area (TPSA) is 27.3 Å². The van der Waals surface area contributed by atoms with E-state index in [2.05, 4.69) is 22.7 Å². The predicted octanol–water partition coefficient (Wildman–Crippen LogP) is 0.195. The minimum atomic E-state index is 0.693. The normalized spacial score (nSPS) is 25.9. The summed E-state index contributed by atoms with van der Waals surface area (Å²) in [5.41, 5.74) is 3.21. The molecule has 0 unspecified atom stereocenters. The van der Waals surface area contributed by atoms with Crippen LogP contribution in [0.25, 0.3) is 0 Å². The molecule has 3 nitrogen and oxygen atoms in total. The summed E-state index contributed by atoms with van der Waals surface area (Å²) in [5.74, 6) is 0. The van der Waals surface area contributed by atoms with Gasteiger partial charge in [-0.25, -0.2) is 5.01 Å². The first-order valence-electron chi connectivity index (χ1n) is 4.53. The summed E-state index contributed by atoms with van der Waals surface area (Å²) in [7, 11) is 2.00. The minimum Gasteiger partial charge on any atom is -0.315 e. The van der Waals surface area contributed by atoms with Crippen LogP contribution in [-0.4, -0.2) is 37.7 Å². The molecule has 11 heavy (non-hydrogen) atoms. The van der Waals surface area contributed by atoms with Gasteiger partial charge in [-0.2, -0.15) is 0 Å². The Labute approximate surface area is 69.1 Å². The van der Waals surface area contributed by atoms with Gasteiger partial charge in [0.05, 0.1) is 0 Å². The molecule has 0 amide bonds. The maximum Gasteiger partial charge on any atom is 0.0368 e. The van der Waals surface area contributed by atoms with Crippen LogP contribution >= 0.6 is 0 Å². The Morgan fingerprint density at radius 3 is 2.91 bits per heavy atom. The Bertz CT molecular complexity index is 95.5. The molecule has 3 heteroatoms. The lowest BCUT2D eigenvalue weighted by atomic mass is 10.1. The van der Waals surface area contributed by atoms with E-state index in [1.54, 1.807) is 0 Å². The highest BCUT2D eigenvalue weighted by atomic mass is 15.5. The number of hydrogen-bond donors (Lipinski definition) is 2. The molecule has 2 N–H and O–H groups in total. The van der Waals surface area contributed by atoms with Gasteiger partial charge in [-0.3, -0.25) is 5.43 Å². The first kappa shape index (κ1) is 8.97. The monoisotopic (exact) mass is 157 g/mol. The molecule has 0 spiro atoms. The van der Waals surface area contributed by atoms with E-state index in [-0.39, 0.29) is 0 Å². The standard InChI is InChI=1S/C8H19N3/c1-3-11(9-2)8-5-4-6-10-7-8/h8-10H,3-7H2,1-2H3/t8-/m0/s1. The summed E-state index contributed by atoms with van der Waals surface area (Å²) in [4.78, 5) is 0. The molecule has 1 heterocycles. The van der Waals surface area contributed by atoms with Crippen LogP contribution in [0.3, 0.4) is 0 Å². The smallest absolute Gasteiger partial charge is 0.0368 e. The summed E-state index contributed by atoms with van der Waals surface area (Å²) in [5, 5.41) is 5.70. The fourth-order valence-electron chi connectivity index (χ4n) is 1.70.